The van der Waals surface area contributed by atoms with E-state index in [1.807, 2.05) is 60.1 Å². The molecule has 174 valence electrons. The molecular weight excluding hydrogens is 452 g/mol. The molecule has 5 rings (SSSR count). The van der Waals surface area contributed by atoms with Gasteiger partial charge in [-0.05, 0) is 37.0 Å². The van der Waals surface area contributed by atoms with E-state index in [9.17, 15) is 14.4 Å². The second-order valence-corrected chi connectivity index (χ2v) is 9.24. The summed E-state index contributed by atoms with van der Waals surface area (Å²) in [4.78, 5) is 43.0. The number of nitrogens with one attached hydrogen (secondary N) is 2. The molecule has 1 saturated heterocycles. The number of urea groups is 1. The number of amides is 4. The zero-order chi connectivity index (χ0) is 23.7. The quantitative estimate of drug-likeness (QED) is 0.382. The zero-order valence-corrected chi connectivity index (χ0v) is 19.4. The van der Waals surface area contributed by atoms with Crippen molar-refractivity contribution in [1.29, 1.82) is 0 Å². The molecule has 2 heterocycles. The summed E-state index contributed by atoms with van der Waals surface area (Å²) in [6.07, 6.45) is 2.50. The van der Waals surface area contributed by atoms with Gasteiger partial charge in [0.2, 0.25) is 11.1 Å². The molecule has 0 radical (unpaired) electrons. The zero-order valence-electron chi connectivity index (χ0n) is 18.6. The van der Waals surface area contributed by atoms with E-state index in [2.05, 4.69) is 20.8 Å². The Kier molecular flexibility index (Phi) is 5.82. The number of nitrogens with zero attached hydrogens (tertiary/aromatic N) is 4. The van der Waals surface area contributed by atoms with Crippen molar-refractivity contribution in [3.05, 3.63) is 72.1 Å². The number of hydrazine groups is 1. The second-order valence-electron chi connectivity index (χ2n) is 8.29. The molecule has 34 heavy (non-hydrogen) atoms. The van der Waals surface area contributed by atoms with Crippen LogP contribution in [0.3, 0.4) is 0 Å². The predicted octanol–water partition coefficient (Wildman–Crippen LogP) is 3.13. The molecule has 3 aromatic rings. The standard InChI is InChI=1S/C24H24N6O3S/c1-2-24(17-9-5-3-6-10-17)21(32)30(23(33)26-24)27-19(31)15-34-22-25-20(16-13-14-16)29(28-22)18-11-7-4-8-12-18/h3-12,16H,2,13-15H2,1H3,(H,26,33)(H,27,31)/t24-/m1/s1. The Balaban J connectivity index is 1.26. The van der Waals surface area contributed by atoms with Crippen molar-refractivity contribution in [3.8, 4) is 5.69 Å². The minimum atomic E-state index is -1.20. The van der Waals surface area contributed by atoms with Crippen LogP contribution in [0.1, 0.15) is 43.5 Å². The van der Waals surface area contributed by atoms with Gasteiger partial charge in [0, 0.05) is 5.92 Å². The average Bonchev–Trinajstić information content (AvgIpc) is 3.58. The number of aromatic nitrogens is 3. The first-order chi connectivity index (χ1) is 16.5. The van der Waals surface area contributed by atoms with Crippen molar-refractivity contribution in [2.75, 3.05) is 5.75 Å². The molecule has 1 aliphatic carbocycles. The van der Waals surface area contributed by atoms with Crippen LogP contribution in [0.25, 0.3) is 5.69 Å². The third kappa shape index (κ3) is 4.05. The molecule has 9 nitrogen and oxygen atoms in total. The molecule has 2 aliphatic rings. The Labute approximate surface area is 200 Å². The highest BCUT2D eigenvalue weighted by atomic mass is 32.2. The van der Waals surface area contributed by atoms with Gasteiger partial charge in [0.05, 0.1) is 11.4 Å². The van der Waals surface area contributed by atoms with Gasteiger partial charge in [0.25, 0.3) is 5.91 Å². The van der Waals surface area contributed by atoms with Crippen molar-refractivity contribution < 1.29 is 14.4 Å². The van der Waals surface area contributed by atoms with E-state index in [1.54, 1.807) is 12.1 Å². The molecule has 0 bridgehead atoms. The summed E-state index contributed by atoms with van der Waals surface area (Å²) in [6.45, 7) is 1.82. The Morgan fingerprint density at radius 1 is 1.12 bits per heavy atom. The van der Waals surface area contributed by atoms with Crippen molar-refractivity contribution in [2.24, 2.45) is 0 Å². The van der Waals surface area contributed by atoms with Gasteiger partial charge in [-0.15, -0.1) is 5.10 Å². The summed E-state index contributed by atoms with van der Waals surface area (Å²) in [5.74, 6) is 0.232. The SMILES string of the molecule is CC[C@]1(c2ccccc2)NC(=O)N(NC(=O)CSc2nc(C3CC3)n(-c3ccccc3)n2)C1=O. The maximum absolute atomic E-state index is 13.2. The lowest BCUT2D eigenvalue weighted by Crippen LogP contribution is -2.49. The number of para-hydroxylation sites is 1. The lowest BCUT2D eigenvalue weighted by atomic mass is 9.87. The number of hydrogen-bond acceptors (Lipinski definition) is 6. The minimum Gasteiger partial charge on any atom is -0.318 e. The van der Waals surface area contributed by atoms with Crippen LogP contribution in [0.4, 0.5) is 4.79 Å². The molecule has 10 heteroatoms. The van der Waals surface area contributed by atoms with E-state index in [1.165, 1.54) is 11.8 Å². The molecule has 4 amide bonds. The van der Waals surface area contributed by atoms with Gasteiger partial charge in [0.15, 0.2) is 0 Å². The monoisotopic (exact) mass is 476 g/mol. The third-order valence-corrected chi connectivity index (χ3v) is 6.85. The van der Waals surface area contributed by atoms with Crippen LogP contribution < -0.4 is 10.7 Å². The largest absolute Gasteiger partial charge is 0.344 e. The third-order valence-electron chi connectivity index (χ3n) is 6.01. The first-order valence-electron chi connectivity index (χ1n) is 11.2. The predicted molar refractivity (Wildman–Crippen MR) is 126 cm³/mol. The van der Waals surface area contributed by atoms with Crippen molar-refractivity contribution in [2.45, 2.75) is 42.8 Å². The Morgan fingerprint density at radius 2 is 1.79 bits per heavy atom. The first kappa shape index (κ1) is 22.1. The van der Waals surface area contributed by atoms with Crippen molar-refractivity contribution in [1.82, 2.24) is 30.5 Å². The number of imide groups is 1. The molecule has 2 N–H and O–H groups in total. The summed E-state index contributed by atoms with van der Waals surface area (Å²) in [5.41, 5.74) is 2.84. The van der Waals surface area contributed by atoms with E-state index < -0.39 is 23.4 Å². The summed E-state index contributed by atoms with van der Waals surface area (Å²) in [7, 11) is 0. The fourth-order valence-electron chi connectivity index (χ4n) is 4.06. The smallest absolute Gasteiger partial charge is 0.318 e. The molecular formula is C24H24N6O3S. The lowest BCUT2D eigenvalue weighted by molar-refractivity contribution is -0.138. The van der Waals surface area contributed by atoms with Gasteiger partial charge >= 0.3 is 6.03 Å². The Bertz CT molecular complexity index is 1230. The molecule has 2 aromatic carbocycles. The normalized spacial score (nSPS) is 19.9. The van der Waals surface area contributed by atoms with Crippen LogP contribution in [-0.2, 0) is 15.1 Å². The molecule has 1 atom stereocenters. The molecule has 1 aromatic heterocycles. The van der Waals surface area contributed by atoms with E-state index in [0.717, 1.165) is 29.4 Å². The van der Waals surface area contributed by atoms with Crippen LogP contribution in [0.2, 0.25) is 0 Å². The first-order valence-corrected chi connectivity index (χ1v) is 12.2. The Morgan fingerprint density at radius 3 is 2.44 bits per heavy atom. The number of thioether (sulfide) groups is 1. The lowest BCUT2D eigenvalue weighted by Gasteiger charge is -2.25. The summed E-state index contributed by atoms with van der Waals surface area (Å²) < 4.78 is 1.82. The molecule has 2 fully saturated rings. The van der Waals surface area contributed by atoms with Gasteiger partial charge in [-0.25, -0.2) is 14.5 Å². The van der Waals surface area contributed by atoms with Crippen LogP contribution in [0.5, 0.6) is 0 Å². The number of carbonyl (C=O) groups is 3. The number of rotatable bonds is 8. The Hall–Kier alpha value is -3.66. The van der Waals surface area contributed by atoms with Crippen molar-refractivity contribution in [3.63, 3.8) is 0 Å². The summed E-state index contributed by atoms with van der Waals surface area (Å²) >= 11 is 1.17. The highest BCUT2D eigenvalue weighted by Crippen LogP contribution is 2.40. The van der Waals surface area contributed by atoms with Crippen LogP contribution in [-0.4, -0.2) is 43.4 Å². The molecule has 0 unspecified atom stereocenters. The van der Waals surface area contributed by atoms with Crippen LogP contribution in [0.15, 0.2) is 65.8 Å². The van der Waals surface area contributed by atoms with Gasteiger partial charge in [-0.1, -0.05) is 67.2 Å². The van der Waals surface area contributed by atoms with Crippen LogP contribution >= 0.6 is 11.8 Å². The van der Waals surface area contributed by atoms with E-state index in [0.29, 0.717) is 23.1 Å². The fraction of sp³-hybridized carbons (Fsp3) is 0.292. The van der Waals surface area contributed by atoms with E-state index in [4.69, 9.17) is 0 Å². The minimum absolute atomic E-state index is 0.0373. The molecule has 1 saturated carbocycles. The number of carbonyl (C=O) groups excluding carboxylic acids is 3. The van der Waals surface area contributed by atoms with Gasteiger partial charge in [-0.3, -0.25) is 15.0 Å². The van der Waals surface area contributed by atoms with Crippen LogP contribution in [0, 0.1) is 0 Å². The summed E-state index contributed by atoms with van der Waals surface area (Å²) in [6, 6.07) is 18.1. The highest BCUT2D eigenvalue weighted by molar-refractivity contribution is 7.99. The maximum atomic E-state index is 13.2. The number of hydrogen-bond donors (Lipinski definition) is 2. The molecule has 0 spiro atoms. The highest BCUT2D eigenvalue weighted by Gasteiger charge is 2.52. The second kappa shape index (κ2) is 8.94. The number of benzene rings is 2. The fourth-order valence-corrected chi connectivity index (χ4v) is 4.68. The molecule has 1 aliphatic heterocycles. The van der Waals surface area contributed by atoms with E-state index in [-0.39, 0.29) is 5.75 Å². The van der Waals surface area contributed by atoms with Gasteiger partial charge in [-0.2, -0.15) is 5.01 Å². The van der Waals surface area contributed by atoms with Crippen molar-refractivity contribution >= 4 is 29.6 Å². The maximum Gasteiger partial charge on any atom is 0.344 e. The van der Waals surface area contributed by atoms with Gasteiger partial charge < -0.3 is 5.32 Å². The topological polar surface area (TPSA) is 109 Å². The average molecular weight is 477 g/mol. The van der Waals surface area contributed by atoms with E-state index >= 15 is 0 Å². The van der Waals surface area contributed by atoms with Gasteiger partial charge in [0.1, 0.15) is 11.4 Å². The summed E-state index contributed by atoms with van der Waals surface area (Å²) in [5, 5.41) is 8.57.